The largest absolute Gasteiger partial charge is 0.396 e. The van der Waals surface area contributed by atoms with Gasteiger partial charge in [0.2, 0.25) is 0 Å². The van der Waals surface area contributed by atoms with E-state index in [0.29, 0.717) is 5.92 Å². The monoisotopic (exact) mass is 318 g/mol. The summed E-state index contributed by atoms with van der Waals surface area (Å²) in [7, 11) is 0. The van der Waals surface area contributed by atoms with Crippen molar-refractivity contribution in [2.45, 2.75) is 46.1 Å². The maximum absolute atomic E-state index is 12.6. The standard InChI is InChI=1S/C19H30N2O2/c1-19(2,3)17(13-15-7-5-4-6-8-15)20-18(23)21-11-9-16(14-22)10-12-21/h4-8,16-17,22H,9-14H2,1-3H3,(H,20,23). The molecule has 2 N–H and O–H groups in total. The lowest BCUT2D eigenvalue weighted by Crippen LogP contribution is -2.52. The molecule has 0 aliphatic carbocycles. The van der Waals surface area contributed by atoms with E-state index in [1.54, 1.807) is 0 Å². The van der Waals surface area contributed by atoms with Crippen molar-refractivity contribution < 1.29 is 9.90 Å². The van der Waals surface area contributed by atoms with E-state index >= 15 is 0 Å². The molecule has 0 saturated carbocycles. The Morgan fingerprint density at radius 1 is 1.26 bits per heavy atom. The number of urea groups is 1. The minimum absolute atomic E-state index is 0.00504. The molecule has 23 heavy (non-hydrogen) atoms. The van der Waals surface area contributed by atoms with Gasteiger partial charge in [-0.25, -0.2) is 4.79 Å². The number of piperidine rings is 1. The van der Waals surface area contributed by atoms with Gasteiger partial charge in [0.25, 0.3) is 0 Å². The molecule has 1 fully saturated rings. The summed E-state index contributed by atoms with van der Waals surface area (Å²) < 4.78 is 0. The average molecular weight is 318 g/mol. The highest BCUT2D eigenvalue weighted by Gasteiger charge is 2.29. The third-order valence-corrected chi connectivity index (χ3v) is 4.79. The molecule has 0 bridgehead atoms. The van der Waals surface area contributed by atoms with Crippen LogP contribution in [0.1, 0.15) is 39.2 Å². The number of amides is 2. The highest BCUT2D eigenvalue weighted by atomic mass is 16.3. The number of nitrogens with one attached hydrogen (secondary N) is 1. The molecule has 0 aromatic heterocycles. The fraction of sp³-hybridized carbons (Fsp3) is 0.632. The molecular formula is C19H30N2O2. The van der Waals surface area contributed by atoms with Crippen molar-refractivity contribution in [2.75, 3.05) is 19.7 Å². The normalized spacial score (nSPS) is 17.8. The van der Waals surface area contributed by atoms with Gasteiger partial charge in [-0.3, -0.25) is 0 Å². The average Bonchev–Trinajstić information content (AvgIpc) is 2.54. The number of likely N-dealkylation sites (tertiary alicyclic amines) is 1. The number of carbonyl (C=O) groups is 1. The first-order valence-electron chi connectivity index (χ1n) is 8.60. The van der Waals surface area contributed by atoms with Gasteiger partial charge in [0, 0.05) is 25.7 Å². The number of nitrogens with zero attached hydrogens (tertiary/aromatic N) is 1. The van der Waals surface area contributed by atoms with E-state index in [4.69, 9.17) is 0 Å². The Hall–Kier alpha value is -1.55. The van der Waals surface area contributed by atoms with Crippen LogP contribution >= 0.6 is 0 Å². The zero-order valence-corrected chi connectivity index (χ0v) is 14.6. The van der Waals surface area contributed by atoms with Gasteiger partial charge in [-0.2, -0.15) is 0 Å². The zero-order valence-electron chi connectivity index (χ0n) is 14.6. The Kier molecular flexibility index (Phi) is 6.05. The van der Waals surface area contributed by atoms with Gasteiger partial charge in [0.05, 0.1) is 0 Å². The fourth-order valence-electron chi connectivity index (χ4n) is 2.98. The van der Waals surface area contributed by atoms with E-state index in [9.17, 15) is 9.90 Å². The Labute approximate surface area is 139 Å². The van der Waals surface area contributed by atoms with E-state index in [2.05, 4.69) is 38.2 Å². The molecule has 0 radical (unpaired) electrons. The Balaban J connectivity index is 1.96. The van der Waals surface area contributed by atoms with Crippen molar-refractivity contribution >= 4 is 6.03 Å². The summed E-state index contributed by atoms with van der Waals surface area (Å²) >= 11 is 0. The molecule has 2 amide bonds. The molecule has 128 valence electrons. The van der Waals surface area contributed by atoms with Gasteiger partial charge in [0.1, 0.15) is 0 Å². The molecule has 1 atom stereocenters. The van der Waals surface area contributed by atoms with Crippen LogP contribution in [0.25, 0.3) is 0 Å². The van der Waals surface area contributed by atoms with Crippen molar-refractivity contribution in [3.05, 3.63) is 35.9 Å². The Bertz CT molecular complexity index is 488. The lowest BCUT2D eigenvalue weighted by atomic mass is 9.83. The molecule has 1 saturated heterocycles. The minimum Gasteiger partial charge on any atom is -0.396 e. The summed E-state index contributed by atoms with van der Waals surface area (Å²) in [6, 6.07) is 10.4. The summed E-state index contributed by atoms with van der Waals surface area (Å²) in [4.78, 5) is 14.5. The zero-order chi connectivity index (χ0) is 16.9. The van der Waals surface area contributed by atoms with Crippen LogP contribution in [0.5, 0.6) is 0 Å². The molecule has 4 nitrogen and oxygen atoms in total. The van der Waals surface area contributed by atoms with Gasteiger partial charge >= 0.3 is 6.03 Å². The van der Waals surface area contributed by atoms with Crippen molar-refractivity contribution in [3.8, 4) is 0 Å². The Morgan fingerprint density at radius 2 is 1.87 bits per heavy atom. The topological polar surface area (TPSA) is 52.6 Å². The molecule has 1 heterocycles. The lowest BCUT2D eigenvalue weighted by molar-refractivity contribution is 0.131. The van der Waals surface area contributed by atoms with E-state index in [0.717, 1.165) is 32.4 Å². The van der Waals surface area contributed by atoms with Gasteiger partial charge in [-0.15, -0.1) is 0 Å². The van der Waals surface area contributed by atoms with E-state index < -0.39 is 0 Å². The van der Waals surface area contributed by atoms with Crippen LogP contribution in [0, 0.1) is 11.3 Å². The molecule has 1 aliphatic heterocycles. The summed E-state index contributed by atoms with van der Waals surface area (Å²) in [5.74, 6) is 0.349. The van der Waals surface area contributed by atoms with E-state index in [1.165, 1.54) is 5.56 Å². The van der Waals surface area contributed by atoms with Crippen LogP contribution in [0.3, 0.4) is 0 Å². The maximum atomic E-state index is 12.6. The first kappa shape index (κ1) is 17.8. The van der Waals surface area contributed by atoms with Crippen molar-refractivity contribution in [1.29, 1.82) is 0 Å². The van der Waals surface area contributed by atoms with Crippen molar-refractivity contribution in [1.82, 2.24) is 10.2 Å². The number of hydrogen-bond acceptors (Lipinski definition) is 2. The van der Waals surface area contributed by atoms with Crippen molar-refractivity contribution in [2.24, 2.45) is 11.3 Å². The summed E-state index contributed by atoms with van der Waals surface area (Å²) in [5, 5.41) is 12.4. The van der Waals surface area contributed by atoms with Gasteiger partial charge in [-0.05, 0) is 36.2 Å². The second kappa shape index (κ2) is 7.82. The first-order chi connectivity index (χ1) is 10.9. The van der Waals surface area contributed by atoms with Crippen molar-refractivity contribution in [3.63, 3.8) is 0 Å². The molecule has 1 aliphatic rings. The second-order valence-corrected chi connectivity index (χ2v) is 7.67. The lowest BCUT2D eigenvalue weighted by Gasteiger charge is -2.36. The molecular weight excluding hydrogens is 288 g/mol. The number of aliphatic hydroxyl groups is 1. The summed E-state index contributed by atoms with van der Waals surface area (Å²) in [6.45, 7) is 8.20. The SMILES string of the molecule is CC(C)(C)C(Cc1ccccc1)NC(=O)N1CCC(CO)CC1. The number of benzene rings is 1. The van der Waals surface area contributed by atoms with Gasteiger partial charge in [-0.1, -0.05) is 51.1 Å². The number of hydrogen-bond donors (Lipinski definition) is 2. The van der Waals surface area contributed by atoms with Gasteiger partial charge in [0.15, 0.2) is 0 Å². The highest BCUT2D eigenvalue weighted by Crippen LogP contribution is 2.24. The molecule has 2 rings (SSSR count). The number of rotatable bonds is 4. The molecule has 1 aromatic carbocycles. The Morgan fingerprint density at radius 3 is 2.39 bits per heavy atom. The third kappa shape index (κ3) is 5.24. The second-order valence-electron chi connectivity index (χ2n) is 7.67. The predicted molar refractivity (Wildman–Crippen MR) is 93.3 cm³/mol. The quantitative estimate of drug-likeness (QED) is 0.896. The maximum Gasteiger partial charge on any atom is 0.317 e. The summed E-state index contributed by atoms with van der Waals surface area (Å²) in [6.07, 6.45) is 2.62. The van der Waals surface area contributed by atoms with Gasteiger partial charge < -0.3 is 15.3 Å². The van der Waals surface area contributed by atoms with Crippen LogP contribution in [0.4, 0.5) is 4.79 Å². The molecule has 1 unspecified atom stereocenters. The predicted octanol–water partition coefficient (Wildman–Crippen LogP) is 3.06. The molecule has 1 aromatic rings. The smallest absolute Gasteiger partial charge is 0.317 e. The van der Waals surface area contributed by atoms with Crippen LogP contribution in [-0.2, 0) is 6.42 Å². The molecule has 0 spiro atoms. The fourth-order valence-corrected chi connectivity index (χ4v) is 2.98. The minimum atomic E-state index is -0.00504. The highest BCUT2D eigenvalue weighted by molar-refractivity contribution is 5.74. The molecule has 4 heteroatoms. The third-order valence-electron chi connectivity index (χ3n) is 4.79. The van der Waals surface area contributed by atoms with E-state index in [-0.39, 0.29) is 24.1 Å². The van der Waals surface area contributed by atoms with E-state index in [1.807, 2.05) is 23.1 Å². The first-order valence-corrected chi connectivity index (χ1v) is 8.60. The number of aliphatic hydroxyl groups excluding tert-OH is 1. The van der Waals surface area contributed by atoms with Crippen LogP contribution in [0.15, 0.2) is 30.3 Å². The number of carbonyl (C=O) groups excluding carboxylic acids is 1. The van der Waals surface area contributed by atoms with Crippen LogP contribution < -0.4 is 5.32 Å². The van der Waals surface area contributed by atoms with Crippen LogP contribution in [-0.4, -0.2) is 41.8 Å². The summed E-state index contributed by atoms with van der Waals surface area (Å²) in [5.41, 5.74) is 1.24. The van der Waals surface area contributed by atoms with Crippen LogP contribution in [0.2, 0.25) is 0 Å².